The lowest BCUT2D eigenvalue weighted by Crippen LogP contribution is -2.08. The maximum atomic E-state index is 13.1. The van der Waals surface area contributed by atoms with Gasteiger partial charge in [-0.2, -0.15) is 0 Å². The van der Waals surface area contributed by atoms with Gasteiger partial charge in [-0.15, -0.1) is 0 Å². The number of nitrogens with zero attached hydrogens (tertiary/aromatic N) is 1. The van der Waals surface area contributed by atoms with Crippen molar-refractivity contribution >= 4 is 11.8 Å². The number of hydrogen-bond donors (Lipinski definition) is 1. The minimum atomic E-state index is -0.536. The lowest BCUT2D eigenvalue weighted by atomic mass is 9.83. The van der Waals surface area contributed by atoms with Crippen molar-refractivity contribution in [2.24, 2.45) is 0 Å². The van der Waals surface area contributed by atoms with Crippen LogP contribution in [0.2, 0.25) is 0 Å². The fourth-order valence-corrected chi connectivity index (χ4v) is 5.99. The molecule has 4 aromatic rings. The Bertz CT molecular complexity index is 1420. The molecule has 1 fully saturated rings. The molecule has 0 spiro atoms. The predicted octanol–water partition coefficient (Wildman–Crippen LogP) is 8.31. The van der Waals surface area contributed by atoms with E-state index in [2.05, 4.69) is 37.0 Å². The summed E-state index contributed by atoms with van der Waals surface area (Å²) in [5, 5.41) is 10.9. The van der Waals surface area contributed by atoms with Gasteiger partial charge in [-0.05, 0) is 72.2 Å². The van der Waals surface area contributed by atoms with E-state index in [-0.39, 0.29) is 10.6 Å². The molecule has 38 heavy (non-hydrogen) atoms. The molecule has 0 radical (unpaired) electrons. The van der Waals surface area contributed by atoms with E-state index >= 15 is 0 Å². The number of aromatic hydroxyl groups is 1. The monoisotopic (exact) mass is 527 g/mol. The van der Waals surface area contributed by atoms with Gasteiger partial charge >= 0.3 is 5.63 Å². The molecule has 1 N–H and O–H groups in total. The molecular formula is C32H33NO4S. The van der Waals surface area contributed by atoms with E-state index < -0.39 is 5.63 Å². The normalized spacial score (nSPS) is 14.1. The molecule has 2 aromatic carbocycles. The highest BCUT2D eigenvalue weighted by Gasteiger charge is 2.22. The summed E-state index contributed by atoms with van der Waals surface area (Å²) in [5.74, 6) is 1.80. The summed E-state index contributed by atoms with van der Waals surface area (Å²) in [4.78, 5) is 18.4. The predicted molar refractivity (Wildman–Crippen MR) is 151 cm³/mol. The Morgan fingerprint density at radius 2 is 1.84 bits per heavy atom. The van der Waals surface area contributed by atoms with E-state index in [1.807, 2.05) is 36.4 Å². The van der Waals surface area contributed by atoms with Crippen LogP contribution in [0.1, 0.15) is 74.5 Å². The maximum absolute atomic E-state index is 13.1. The molecule has 6 heteroatoms. The molecule has 2 heterocycles. The van der Waals surface area contributed by atoms with E-state index in [1.54, 1.807) is 12.4 Å². The minimum Gasteiger partial charge on any atom is -0.506 e. The van der Waals surface area contributed by atoms with Gasteiger partial charge < -0.3 is 14.3 Å². The van der Waals surface area contributed by atoms with Gasteiger partial charge in [-0.1, -0.05) is 63.1 Å². The molecular weight excluding hydrogens is 494 g/mol. The van der Waals surface area contributed by atoms with E-state index in [0.29, 0.717) is 35.5 Å². The highest BCUT2D eigenvalue weighted by atomic mass is 32.2. The molecule has 0 aliphatic heterocycles. The van der Waals surface area contributed by atoms with Crippen molar-refractivity contribution < 1.29 is 14.3 Å². The van der Waals surface area contributed by atoms with Crippen LogP contribution in [-0.2, 0) is 6.61 Å². The maximum Gasteiger partial charge on any atom is 0.354 e. The molecule has 0 bridgehead atoms. The zero-order valence-corrected chi connectivity index (χ0v) is 22.7. The van der Waals surface area contributed by atoms with Crippen molar-refractivity contribution in [2.75, 3.05) is 0 Å². The SMILES string of the molecule is CC(C)c1ccc(C2CCCCC2)c(Sc2c(O)cc(-c3ccc(OCc4cccnc4)cc3)oc2=O)c1. The van der Waals surface area contributed by atoms with Crippen molar-refractivity contribution in [1.82, 2.24) is 4.98 Å². The van der Waals surface area contributed by atoms with Crippen LogP contribution in [0.25, 0.3) is 11.3 Å². The fourth-order valence-electron chi connectivity index (χ4n) is 4.93. The van der Waals surface area contributed by atoms with Crippen LogP contribution in [0.15, 0.2) is 92.1 Å². The average Bonchev–Trinajstić information content (AvgIpc) is 2.95. The molecule has 196 valence electrons. The second kappa shape index (κ2) is 11.9. The van der Waals surface area contributed by atoms with E-state index in [9.17, 15) is 9.90 Å². The van der Waals surface area contributed by atoms with Crippen molar-refractivity contribution in [3.8, 4) is 22.8 Å². The number of pyridine rings is 1. The standard InChI is InChI=1S/C32H33NO4S/c1-21(2)25-12-15-27(23-8-4-3-5-9-23)30(17-25)38-31-28(34)18-29(37-32(31)35)24-10-13-26(14-11-24)36-20-22-7-6-16-33-19-22/h6-7,10-19,21,23,34H,3-5,8-9,20H2,1-2H3. The van der Waals surface area contributed by atoms with Gasteiger partial charge in [0.2, 0.25) is 0 Å². The van der Waals surface area contributed by atoms with E-state index in [1.165, 1.54) is 48.2 Å². The van der Waals surface area contributed by atoms with Crippen LogP contribution in [0.3, 0.4) is 0 Å². The summed E-state index contributed by atoms with van der Waals surface area (Å²) in [7, 11) is 0. The first kappa shape index (κ1) is 26.1. The van der Waals surface area contributed by atoms with Gasteiger partial charge in [0.15, 0.2) is 0 Å². The van der Waals surface area contributed by atoms with E-state index in [0.717, 1.165) is 23.3 Å². The van der Waals surface area contributed by atoms with Crippen LogP contribution in [0.5, 0.6) is 11.5 Å². The largest absolute Gasteiger partial charge is 0.506 e. The molecule has 2 aromatic heterocycles. The average molecular weight is 528 g/mol. The summed E-state index contributed by atoms with van der Waals surface area (Å²) in [6.07, 6.45) is 9.57. The number of hydrogen-bond acceptors (Lipinski definition) is 6. The van der Waals surface area contributed by atoms with Crippen molar-refractivity contribution in [3.05, 3.63) is 100 Å². The summed E-state index contributed by atoms with van der Waals surface area (Å²) < 4.78 is 11.5. The van der Waals surface area contributed by atoms with Crippen molar-refractivity contribution in [3.63, 3.8) is 0 Å². The molecule has 0 atom stereocenters. The molecule has 1 aliphatic rings. The Labute approximate surface area is 227 Å². The molecule has 0 unspecified atom stereocenters. The lowest BCUT2D eigenvalue weighted by Gasteiger charge is -2.25. The third-order valence-corrected chi connectivity index (χ3v) is 8.27. The van der Waals surface area contributed by atoms with Gasteiger partial charge in [-0.3, -0.25) is 4.98 Å². The third-order valence-electron chi connectivity index (χ3n) is 7.12. The Hall–Kier alpha value is -3.51. The summed E-state index contributed by atoms with van der Waals surface area (Å²) in [6.45, 7) is 4.75. The molecule has 0 saturated heterocycles. The Kier molecular flexibility index (Phi) is 8.18. The lowest BCUT2D eigenvalue weighted by molar-refractivity contribution is 0.306. The highest BCUT2D eigenvalue weighted by molar-refractivity contribution is 7.99. The zero-order chi connectivity index (χ0) is 26.5. The molecule has 5 nitrogen and oxygen atoms in total. The van der Waals surface area contributed by atoms with Crippen molar-refractivity contribution in [1.29, 1.82) is 0 Å². The van der Waals surface area contributed by atoms with Crippen LogP contribution in [0, 0.1) is 0 Å². The van der Waals surface area contributed by atoms with Gasteiger partial charge in [0.1, 0.15) is 28.8 Å². The fraction of sp³-hybridized carbons (Fsp3) is 0.312. The first-order valence-electron chi connectivity index (χ1n) is 13.3. The first-order valence-corrected chi connectivity index (χ1v) is 14.1. The van der Waals surface area contributed by atoms with Crippen LogP contribution in [0.4, 0.5) is 0 Å². The summed E-state index contributed by atoms with van der Waals surface area (Å²) in [6, 6.07) is 19.2. The number of benzene rings is 2. The Morgan fingerprint density at radius 1 is 1.05 bits per heavy atom. The second-order valence-corrected chi connectivity index (χ2v) is 11.2. The molecule has 1 saturated carbocycles. The van der Waals surface area contributed by atoms with Gasteiger partial charge in [-0.25, -0.2) is 4.79 Å². The second-order valence-electron chi connectivity index (χ2n) is 10.2. The Balaban J connectivity index is 1.37. The topological polar surface area (TPSA) is 72.6 Å². The van der Waals surface area contributed by atoms with Gasteiger partial charge in [0.25, 0.3) is 0 Å². The molecule has 1 aliphatic carbocycles. The first-order chi connectivity index (χ1) is 18.5. The number of aromatic nitrogens is 1. The molecule has 5 rings (SSSR count). The van der Waals surface area contributed by atoms with Crippen LogP contribution in [-0.4, -0.2) is 10.1 Å². The number of rotatable bonds is 8. The smallest absolute Gasteiger partial charge is 0.354 e. The minimum absolute atomic E-state index is 0.0669. The molecule has 0 amide bonds. The summed E-state index contributed by atoms with van der Waals surface area (Å²) >= 11 is 1.32. The van der Waals surface area contributed by atoms with Gasteiger partial charge in [0.05, 0.1) is 0 Å². The summed E-state index contributed by atoms with van der Waals surface area (Å²) in [5.41, 5.74) is 3.62. The third kappa shape index (κ3) is 6.13. The van der Waals surface area contributed by atoms with Crippen LogP contribution >= 0.6 is 11.8 Å². The number of ether oxygens (including phenoxy) is 1. The van der Waals surface area contributed by atoms with Crippen molar-refractivity contribution in [2.45, 2.75) is 74.2 Å². The quantitative estimate of drug-likeness (QED) is 0.248. The highest BCUT2D eigenvalue weighted by Crippen LogP contribution is 2.43. The van der Waals surface area contributed by atoms with Crippen LogP contribution < -0.4 is 10.4 Å². The van der Waals surface area contributed by atoms with Gasteiger partial charge in [0, 0.05) is 34.5 Å². The zero-order valence-electron chi connectivity index (χ0n) is 21.9. The van der Waals surface area contributed by atoms with E-state index in [4.69, 9.17) is 9.15 Å². The Morgan fingerprint density at radius 3 is 2.53 bits per heavy atom.